The fourth-order valence-corrected chi connectivity index (χ4v) is 2.63. The minimum atomic E-state index is -0.167. The Labute approximate surface area is 142 Å². The van der Waals surface area contributed by atoms with Gasteiger partial charge in [0.1, 0.15) is 5.69 Å². The summed E-state index contributed by atoms with van der Waals surface area (Å²) in [6.07, 6.45) is 5.17. The number of hydrogen-bond donors (Lipinski definition) is 1. The van der Waals surface area contributed by atoms with E-state index in [0.717, 1.165) is 23.0 Å². The Morgan fingerprint density at radius 1 is 1.04 bits per heavy atom. The molecule has 2 aromatic heterocycles. The van der Waals surface area contributed by atoms with Crippen LogP contribution in [0.3, 0.4) is 0 Å². The van der Waals surface area contributed by atoms with Crippen LogP contribution in [0.1, 0.15) is 41.4 Å². The molecule has 4 heteroatoms. The summed E-state index contributed by atoms with van der Waals surface area (Å²) in [5, 5.41) is 2.94. The zero-order valence-electron chi connectivity index (χ0n) is 13.8. The molecule has 3 aromatic rings. The predicted molar refractivity (Wildman–Crippen MR) is 95.8 cm³/mol. The Hall–Kier alpha value is -2.75. The first kappa shape index (κ1) is 16.1. The van der Waals surface area contributed by atoms with E-state index < -0.39 is 0 Å². The Kier molecular flexibility index (Phi) is 5.16. The standard InChI is InChI=1S/C20H21N3O/c1-2-3-6-15-7-4-8-16(13-15)14-22-20(24)19-11-10-17-18(23-19)9-5-12-21-17/h4-5,7-13H,2-3,6,14H2,1H3,(H,22,24). The van der Waals surface area contributed by atoms with Crippen LogP contribution < -0.4 is 5.32 Å². The first-order valence-corrected chi connectivity index (χ1v) is 8.34. The van der Waals surface area contributed by atoms with E-state index in [9.17, 15) is 4.79 Å². The van der Waals surface area contributed by atoms with Gasteiger partial charge in [-0.05, 0) is 48.2 Å². The van der Waals surface area contributed by atoms with Gasteiger partial charge < -0.3 is 5.32 Å². The normalized spacial score (nSPS) is 10.7. The fraction of sp³-hybridized carbons (Fsp3) is 0.250. The van der Waals surface area contributed by atoms with Gasteiger partial charge in [0.15, 0.2) is 0 Å². The van der Waals surface area contributed by atoms with Crippen LogP contribution in [0.15, 0.2) is 54.7 Å². The summed E-state index contributed by atoms with van der Waals surface area (Å²) in [5.41, 5.74) is 4.36. The molecule has 0 aliphatic heterocycles. The monoisotopic (exact) mass is 319 g/mol. The van der Waals surface area contributed by atoms with Gasteiger partial charge in [-0.3, -0.25) is 9.78 Å². The highest BCUT2D eigenvalue weighted by atomic mass is 16.1. The number of rotatable bonds is 6. The maximum absolute atomic E-state index is 12.3. The minimum Gasteiger partial charge on any atom is -0.347 e. The summed E-state index contributed by atoms with van der Waals surface area (Å²) < 4.78 is 0. The number of amides is 1. The van der Waals surface area contributed by atoms with Gasteiger partial charge in [0, 0.05) is 12.7 Å². The molecule has 0 unspecified atom stereocenters. The Balaban J connectivity index is 1.66. The number of nitrogens with one attached hydrogen (secondary N) is 1. The molecule has 1 amide bonds. The number of pyridine rings is 2. The van der Waals surface area contributed by atoms with Crippen molar-refractivity contribution in [3.05, 3.63) is 71.5 Å². The summed E-state index contributed by atoms with van der Waals surface area (Å²) in [7, 11) is 0. The lowest BCUT2D eigenvalue weighted by Crippen LogP contribution is -2.23. The van der Waals surface area contributed by atoms with E-state index in [2.05, 4.69) is 34.3 Å². The first-order chi connectivity index (χ1) is 11.8. The molecule has 0 saturated heterocycles. The summed E-state index contributed by atoms with van der Waals surface area (Å²) in [6, 6.07) is 15.6. The van der Waals surface area contributed by atoms with Gasteiger partial charge in [0.05, 0.1) is 11.0 Å². The smallest absolute Gasteiger partial charge is 0.270 e. The molecule has 1 N–H and O–H groups in total. The van der Waals surface area contributed by atoms with Crippen LogP contribution in [-0.2, 0) is 13.0 Å². The van der Waals surface area contributed by atoms with Crippen molar-refractivity contribution in [1.82, 2.24) is 15.3 Å². The van der Waals surface area contributed by atoms with Crippen molar-refractivity contribution in [1.29, 1.82) is 0 Å². The Morgan fingerprint density at radius 2 is 1.92 bits per heavy atom. The number of fused-ring (bicyclic) bond motifs is 1. The quantitative estimate of drug-likeness (QED) is 0.749. The third-order valence-electron chi connectivity index (χ3n) is 3.95. The van der Waals surface area contributed by atoms with Crippen molar-refractivity contribution in [2.75, 3.05) is 0 Å². The van der Waals surface area contributed by atoms with Gasteiger partial charge >= 0.3 is 0 Å². The molecule has 0 aliphatic rings. The summed E-state index contributed by atoms with van der Waals surface area (Å²) in [4.78, 5) is 20.9. The van der Waals surface area contributed by atoms with Crippen LogP contribution in [0.4, 0.5) is 0 Å². The molecule has 2 heterocycles. The number of nitrogens with zero attached hydrogens (tertiary/aromatic N) is 2. The average molecular weight is 319 g/mol. The van der Waals surface area contributed by atoms with E-state index in [-0.39, 0.29) is 5.91 Å². The summed E-state index contributed by atoms with van der Waals surface area (Å²) >= 11 is 0. The van der Waals surface area contributed by atoms with Gasteiger partial charge in [-0.2, -0.15) is 0 Å². The van der Waals surface area contributed by atoms with Crippen LogP contribution >= 0.6 is 0 Å². The Bertz CT molecular complexity index is 845. The van der Waals surface area contributed by atoms with E-state index in [0.29, 0.717) is 12.2 Å². The zero-order chi connectivity index (χ0) is 16.8. The third kappa shape index (κ3) is 3.96. The molecule has 0 atom stereocenters. The van der Waals surface area contributed by atoms with E-state index in [4.69, 9.17) is 0 Å². The van der Waals surface area contributed by atoms with Crippen molar-refractivity contribution >= 4 is 16.9 Å². The lowest BCUT2D eigenvalue weighted by molar-refractivity contribution is 0.0946. The third-order valence-corrected chi connectivity index (χ3v) is 3.95. The van der Waals surface area contributed by atoms with Crippen molar-refractivity contribution in [2.24, 2.45) is 0 Å². The lowest BCUT2D eigenvalue weighted by atomic mass is 10.1. The van der Waals surface area contributed by atoms with E-state index in [1.165, 1.54) is 18.4 Å². The lowest BCUT2D eigenvalue weighted by Gasteiger charge is -2.07. The molecular formula is C20H21N3O. The molecule has 0 radical (unpaired) electrons. The van der Waals surface area contributed by atoms with Crippen molar-refractivity contribution in [2.45, 2.75) is 32.7 Å². The average Bonchev–Trinajstić information content (AvgIpc) is 2.64. The first-order valence-electron chi connectivity index (χ1n) is 8.34. The van der Waals surface area contributed by atoms with Crippen LogP contribution in [0.2, 0.25) is 0 Å². The maximum atomic E-state index is 12.3. The largest absolute Gasteiger partial charge is 0.347 e. The van der Waals surface area contributed by atoms with E-state index >= 15 is 0 Å². The van der Waals surface area contributed by atoms with Crippen molar-refractivity contribution in [3.63, 3.8) is 0 Å². The summed E-state index contributed by atoms with van der Waals surface area (Å²) in [5.74, 6) is -0.167. The van der Waals surface area contributed by atoms with Gasteiger partial charge in [-0.15, -0.1) is 0 Å². The highest BCUT2D eigenvalue weighted by Crippen LogP contribution is 2.11. The zero-order valence-corrected chi connectivity index (χ0v) is 13.8. The topological polar surface area (TPSA) is 54.9 Å². The number of aromatic nitrogens is 2. The molecule has 24 heavy (non-hydrogen) atoms. The Morgan fingerprint density at radius 3 is 2.79 bits per heavy atom. The van der Waals surface area contributed by atoms with Crippen LogP contribution in [0.25, 0.3) is 11.0 Å². The number of carbonyl (C=O) groups excluding carboxylic acids is 1. The van der Waals surface area contributed by atoms with Crippen LogP contribution in [0, 0.1) is 0 Å². The number of aryl methyl sites for hydroxylation is 1. The molecule has 0 saturated carbocycles. The molecular weight excluding hydrogens is 298 g/mol. The highest BCUT2D eigenvalue weighted by Gasteiger charge is 2.08. The molecule has 3 rings (SSSR count). The fourth-order valence-electron chi connectivity index (χ4n) is 2.63. The van der Waals surface area contributed by atoms with Gasteiger partial charge in [0.2, 0.25) is 0 Å². The number of unbranched alkanes of at least 4 members (excludes halogenated alkanes) is 1. The second-order valence-electron chi connectivity index (χ2n) is 5.84. The van der Waals surface area contributed by atoms with Crippen LogP contribution in [-0.4, -0.2) is 15.9 Å². The maximum Gasteiger partial charge on any atom is 0.270 e. The van der Waals surface area contributed by atoms with Gasteiger partial charge in [-0.25, -0.2) is 4.98 Å². The van der Waals surface area contributed by atoms with Crippen molar-refractivity contribution in [3.8, 4) is 0 Å². The van der Waals surface area contributed by atoms with E-state index in [1.54, 1.807) is 12.3 Å². The van der Waals surface area contributed by atoms with Crippen molar-refractivity contribution < 1.29 is 4.79 Å². The number of carbonyl (C=O) groups is 1. The SMILES string of the molecule is CCCCc1cccc(CNC(=O)c2ccc3ncccc3n2)c1. The number of benzene rings is 1. The predicted octanol–water partition coefficient (Wildman–Crippen LogP) is 3.90. The number of hydrogen-bond acceptors (Lipinski definition) is 3. The molecule has 4 nitrogen and oxygen atoms in total. The van der Waals surface area contributed by atoms with Crippen LogP contribution in [0.5, 0.6) is 0 Å². The molecule has 0 aliphatic carbocycles. The second-order valence-corrected chi connectivity index (χ2v) is 5.84. The molecule has 1 aromatic carbocycles. The molecule has 0 bridgehead atoms. The summed E-state index contributed by atoms with van der Waals surface area (Å²) in [6.45, 7) is 2.70. The molecule has 122 valence electrons. The van der Waals surface area contributed by atoms with E-state index in [1.807, 2.05) is 30.3 Å². The van der Waals surface area contributed by atoms with Gasteiger partial charge in [-0.1, -0.05) is 37.6 Å². The van der Waals surface area contributed by atoms with Gasteiger partial charge in [0.25, 0.3) is 5.91 Å². The second kappa shape index (κ2) is 7.68. The molecule has 0 fully saturated rings. The molecule has 0 spiro atoms. The minimum absolute atomic E-state index is 0.167. The highest BCUT2D eigenvalue weighted by molar-refractivity contribution is 5.94.